The third-order valence-corrected chi connectivity index (χ3v) is 1.87. The van der Waals surface area contributed by atoms with Crippen molar-refractivity contribution in [3.05, 3.63) is 27.3 Å². The van der Waals surface area contributed by atoms with Gasteiger partial charge < -0.3 is 10.5 Å². The van der Waals surface area contributed by atoms with Crippen molar-refractivity contribution in [1.82, 2.24) is 0 Å². The van der Waals surface area contributed by atoms with Gasteiger partial charge in [0.25, 0.3) is 5.69 Å². The number of nitrogen functional groups attached to an aromatic ring is 1. The topological polar surface area (TPSA) is 78.4 Å². The average molecular weight is 203 g/mol. The second-order valence-electron chi connectivity index (χ2n) is 2.28. The molecule has 0 aliphatic rings. The van der Waals surface area contributed by atoms with Gasteiger partial charge in [-0.05, 0) is 6.07 Å². The predicted octanol–water partition coefficient (Wildman–Crippen LogP) is 1.84. The Labute approximate surface area is 79.2 Å². The molecule has 2 N–H and O–H groups in total. The van der Waals surface area contributed by atoms with Crippen LogP contribution < -0.4 is 10.5 Å². The van der Waals surface area contributed by atoms with Crippen molar-refractivity contribution in [2.75, 3.05) is 12.8 Å². The van der Waals surface area contributed by atoms with Crippen LogP contribution in [0.2, 0.25) is 5.02 Å². The third-order valence-electron chi connectivity index (χ3n) is 1.51. The maximum Gasteiger partial charge on any atom is 0.291 e. The monoisotopic (exact) mass is 202 g/mol. The molecule has 1 aromatic carbocycles. The molecular weight excluding hydrogens is 196 g/mol. The summed E-state index contributed by atoms with van der Waals surface area (Å²) in [6, 6.07) is 2.61. The minimum absolute atomic E-state index is 0.0764. The zero-order valence-electron chi connectivity index (χ0n) is 6.78. The smallest absolute Gasteiger partial charge is 0.291 e. The van der Waals surface area contributed by atoms with Gasteiger partial charge in [-0.2, -0.15) is 0 Å². The van der Waals surface area contributed by atoms with Crippen LogP contribution in [0.5, 0.6) is 5.75 Å². The molecule has 0 atom stereocenters. The molecule has 0 aliphatic heterocycles. The maximum atomic E-state index is 10.4. The third kappa shape index (κ3) is 1.65. The number of anilines is 1. The zero-order valence-corrected chi connectivity index (χ0v) is 7.54. The molecule has 0 aliphatic carbocycles. The maximum absolute atomic E-state index is 10.4. The number of nitro groups is 1. The van der Waals surface area contributed by atoms with Crippen molar-refractivity contribution in [2.45, 2.75) is 0 Å². The molecule has 6 heteroatoms. The van der Waals surface area contributed by atoms with Gasteiger partial charge in [-0.1, -0.05) is 11.6 Å². The van der Waals surface area contributed by atoms with Gasteiger partial charge in [0.1, 0.15) is 0 Å². The summed E-state index contributed by atoms with van der Waals surface area (Å²) in [5.41, 5.74) is 5.53. The number of hydrogen-bond donors (Lipinski definition) is 1. The molecular formula is C7H7ClN2O3. The Hall–Kier alpha value is -1.49. The average Bonchev–Trinajstić information content (AvgIpc) is 2.04. The van der Waals surface area contributed by atoms with Crippen molar-refractivity contribution < 1.29 is 9.66 Å². The fourth-order valence-electron chi connectivity index (χ4n) is 0.909. The van der Waals surface area contributed by atoms with E-state index in [1.807, 2.05) is 0 Å². The summed E-state index contributed by atoms with van der Waals surface area (Å²) in [7, 11) is 1.35. The van der Waals surface area contributed by atoms with E-state index in [4.69, 9.17) is 22.1 Å². The molecule has 0 unspecified atom stereocenters. The number of nitrogens with zero attached hydrogens (tertiary/aromatic N) is 1. The number of benzene rings is 1. The molecule has 0 saturated carbocycles. The summed E-state index contributed by atoms with van der Waals surface area (Å²) in [6.45, 7) is 0. The number of ether oxygens (including phenoxy) is 1. The van der Waals surface area contributed by atoms with Gasteiger partial charge in [-0.25, -0.2) is 0 Å². The first-order valence-electron chi connectivity index (χ1n) is 3.34. The Morgan fingerprint density at radius 1 is 1.62 bits per heavy atom. The molecule has 0 spiro atoms. The number of methoxy groups -OCH3 is 1. The number of hydrogen-bond acceptors (Lipinski definition) is 4. The Morgan fingerprint density at radius 2 is 2.23 bits per heavy atom. The highest BCUT2D eigenvalue weighted by Gasteiger charge is 2.18. The summed E-state index contributed by atoms with van der Waals surface area (Å²) < 4.78 is 4.81. The molecule has 1 aromatic rings. The standard InChI is InChI=1S/C7H7ClN2O3/c1-13-7-4(9)2-3-5(6(7)8)10(11)12/h2-3H,9H2,1H3. The van der Waals surface area contributed by atoms with E-state index in [9.17, 15) is 10.1 Å². The summed E-state index contributed by atoms with van der Waals surface area (Å²) in [6.07, 6.45) is 0. The first-order chi connectivity index (χ1) is 6.07. The molecule has 1 rings (SSSR count). The van der Waals surface area contributed by atoms with Crippen molar-refractivity contribution >= 4 is 23.0 Å². The summed E-state index contributed by atoms with van der Waals surface area (Å²) in [5.74, 6) is 0.135. The Morgan fingerprint density at radius 3 is 2.69 bits per heavy atom. The molecule has 13 heavy (non-hydrogen) atoms. The van der Waals surface area contributed by atoms with E-state index >= 15 is 0 Å². The second kappa shape index (κ2) is 3.49. The van der Waals surface area contributed by atoms with Gasteiger partial charge in [-0.3, -0.25) is 10.1 Å². The Balaban J connectivity index is 3.35. The van der Waals surface area contributed by atoms with Crippen molar-refractivity contribution in [3.63, 3.8) is 0 Å². The molecule has 0 bridgehead atoms. The van der Waals surface area contributed by atoms with Crippen LogP contribution >= 0.6 is 11.6 Å². The van der Waals surface area contributed by atoms with Crippen LogP contribution in [0.25, 0.3) is 0 Å². The van der Waals surface area contributed by atoms with E-state index in [-0.39, 0.29) is 22.1 Å². The predicted molar refractivity (Wildman–Crippen MR) is 49.1 cm³/mol. The van der Waals surface area contributed by atoms with E-state index in [0.29, 0.717) is 0 Å². The number of halogens is 1. The van der Waals surface area contributed by atoms with E-state index in [0.717, 1.165) is 0 Å². The van der Waals surface area contributed by atoms with Gasteiger partial charge in [0.15, 0.2) is 10.8 Å². The lowest BCUT2D eigenvalue weighted by Gasteiger charge is -2.05. The van der Waals surface area contributed by atoms with E-state index in [1.54, 1.807) is 0 Å². The van der Waals surface area contributed by atoms with Gasteiger partial charge in [0.2, 0.25) is 0 Å². The van der Waals surface area contributed by atoms with E-state index < -0.39 is 4.92 Å². The van der Waals surface area contributed by atoms with Crippen LogP contribution in [-0.2, 0) is 0 Å². The van der Waals surface area contributed by atoms with Crippen LogP contribution in [0, 0.1) is 10.1 Å². The molecule has 0 heterocycles. The molecule has 0 fully saturated rings. The van der Waals surface area contributed by atoms with Crippen LogP contribution in [0.15, 0.2) is 12.1 Å². The van der Waals surface area contributed by atoms with Gasteiger partial charge in [0, 0.05) is 6.07 Å². The van der Waals surface area contributed by atoms with E-state index in [2.05, 4.69) is 0 Å². The number of nitrogens with two attached hydrogens (primary N) is 1. The minimum Gasteiger partial charge on any atom is -0.493 e. The van der Waals surface area contributed by atoms with Gasteiger partial charge in [-0.15, -0.1) is 0 Å². The van der Waals surface area contributed by atoms with Crippen LogP contribution in [0.4, 0.5) is 11.4 Å². The van der Waals surface area contributed by atoms with Crippen LogP contribution in [0.1, 0.15) is 0 Å². The lowest BCUT2D eigenvalue weighted by atomic mass is 10.2. The number of nitro benzene ring substituents is 1. The van der Waals surface area contributed by atoms with Crippen molar-refractivity contribution in [2.24, 2.45) is 0 Å². The highest BCUT2D eigenvalue weighted by Crippen LogP contribution is 2.37. The minimum atomic E-state index is -0.593. The van der Waals surface area contributed by atoms with Crippen LogP contribution in [-0.4, -0.2) is 12.0 Å². The first kappa shape index (κ1) is 9.60. The normalized spacial score (nSPS) is 9.69. The quantitative estimate of drug-likeness (QED) is 0.451. The fourth-order valence-corrected chi connectivity index (χ4v) is 1.23. The zero-order chi connectivity index (χ0) is 10.0. The molecule has 70 valence electrons. The van der Waals surface area contributed by atoms with Gasteiger partial charge >= 0.3 is 0 Å². The lowest BCUT2D eigenvalue weighted by Crippen LogP contribution is -1.96. The SMILES string of the molecule is COc1c(N)ccc([N+](=O)[O-])c1Cl. The lowest BCUT2D eigenvalue weighted by molar-refractivity contribution is -0.384. The van der Waals surface area contributed by atoms with Crippen LogP contribution in [0.3, 0.4) is 0 Å². The largest absolute Gasteiger partial charge is 0.493 e. The highest BCUT2D eigenvalue weighted by atomic mass is 35.5. The fraction of sp³-hybridized carbons (Fsp3) is 0.143. The summed E-state index contributed by atoms with van der Waals surface area (Å²) in [5, 5.41) is 10.3. The molecule has 0 radical (unpaired) electrons. The Bertz CT molecular complexity index is 354. The van der Waals surface area contributed by atoms with Gasteiger partial charge in [0.05, 0.1) is 17.7 Å². The summed E-state index contributed by atoms with van der Waals surface area (Å²) in [4.78, 5) is 9.83. The first-order valence-corrected chi connectivity index (χ1v) is 3.72. The summed E-state index contributed by atoms with van der Waals surface area (Å²) >= 11 is 5.66. The molecule has 0 saturated heterocycles. The van der Waals surface area contributed by atoms with Crippen molar-refractivity contribution in [3.8, 4) is 5.75 Å². The van der Waals surface area contributed by atoms with Crippen molar-refractivity contribution in [1.29, 1.82) is 0 Å². The molecule has 5 nitrogen and oxygen atoms in total. The van der Waals surface area contributed by atoms with E-state index in [1.165, 1.54) is 19.2 Å². The number of rotatable bonds is 2. The Kier molecular flexibility index (Phi) is 2.57. The molecule has 0 amide bonds. The second-order valence-corrected chi connectivity index (χ2v) is 2.66. The highest BCUT2D eigenvalue weighted by molar-refractivity contribution is 6.34. The molecule has 0 aromatic heterocycles.